The van der Waals surface area contributed by atoms with E-state index in [1.54, 1.807) is 30.7 Å². The third-order valence-corrected chi connectivity index (χ3v) is 3.42. The fraction of sp³-hybridized carbons (Fsp3) is 0.188. The lowest BCUT2D eigenvalue weighted by atomic mass is 10.1. The fourth-order valence-corrected chi connectivity index (χ4v) is 2.53. The summed E-state index contributed by atoms with van der Waals surface area (Å²) >= 11 is 0. The monoisotopic (exact) mass is 285 g/mol. The molecule has 5 nitrogen and oxygen atoms in total. The van der Waals surface area contributed by atoms with Crippen LogP contribution in [0.5, 0.6) is 11.5 Å². The molecule has 0 fully saturated rings. The minimum absolute atomic E-state index is 0.105. The Bertz CT molecular complexity index is 835. The van der Waals surface area contributed by atoms with Crippen molar-refractivity contribution in [1.29, 1.82) is 0 Å². The van der Waals surface area contributed by atoms with Crippen LogP contribution in [0.4, 0.5) is 0 Å². The lowest BCUT2D eigenvalue weighted by Gasteiger charge is -2.09. The van der Waals surface area contributed by atoms with Crippen molar-refractivity contribution in [2.45, 2.75) is 6.92 Å². The number of nitrogens with zero attached hydrogens (tertiary/aromatic N) is 1. The number of methoxy groups -OCH3 is 1. The Morgan fingerprint density at radius 3 is 2.67 bits per heavy atom. The Morgan fingerprint density at radius 2 is 2.00 bits per heavy atom. The molecule has 108 valence electrons. The van der Waals surface area contributed by atoms with Gasteiger partial charge >= 0.3 is 5.97 Å². The highest BCUT2D eigenvalue weighted by Crippen LogP contribution is 2.34. The van der Waals surface area contributed by atoms with Gasteiger partial charge in [0.15, 0.2) is 5.69 Å². The van der Waals surface area contributed by atoms with Gasteiger partial charge in [-0.2, -0.15) is 0 Å². The van der Waals surface area contributed by atoms with E-state index in [1.807, 2.05) is 24.3 Å². The molecule has 1 N–H and O–H groups in total. The molecule has 0 aliphatic rings. The van der Waals surface area contributed by atoms with E-state index in [0.717, 1.165) is 16.3 Å². The number of ether oxygens (including phenoxy) is 2. The Morgan fingerprint density at radius 1 is 1.29 bits per heavy atom. The smallest absolute Gasteiger partial charge is 0.359 e. The summed E-state index contributed by atoms with van der Waals surface area (Å²) in [6.07, 6.45) is 1.68. The number of aromatic hydroxyl groups is 1. The second-order valence-electron chi connectivity index (χ2n) is 4.60. The van der Waals surface area contributed by atoms with Gasteiger partial charge in [-0.3, -0.25) is 0 Å². The van der Waals surface area contributed by atoms with Gasteiger partial charge in [0.05, 0.1) is 25.4 Å². The number of rotatable bonds is 3. The summed E-state index contributed by atoms with van der Waals surface area (Å²) in [7, 11) is 1.57. The molecule has 0 bridgehead atoms. The third-order valence-electron chi connectivity index (χ3n) is 3.42. The van der Waals surface area contributed by atoms with Crippen molar-refractivity contribution in [1.82, 2.24) is 4.40 Å². The first-order valence-corrected chi connectivity index (χ1v) is 6.64. The quantitative estimate of drug-likeness (QED) is 0.751. The maximum Gasteiger partial charge on any atom is 0.359 e. The molecule has 5 heteroatoms. The van der Waals surface area contributed by atoms with E-state index in [-0.39, 0.29) is 18.1 Å². The molecule has 0 amide bonds. The predicted octanol–water partition coefficient (Wildman–Crippen LogP) is 2.98. The number of pyridine rings is 1. The Hall–Kier alpha value is -2.69. The van der Waals surface area contributed by atoms with E-state index < -0.39 is 5.97 Å². The largest absolute Gasteiger partial charge is 0.505 e. The van der Waals surface area contributed by atoms with Crippen molar-refractivity contribution in [3.05, 3.63) is 42.2 Å². The van der Waals surface area contributed by atoms with E-state index in [4.69, 9.17) is 9.47 Å². The second-order valence-corrected chi connectivity index (χ2v) is 4.60. The zero-order valence-corrected chi connectivity index (χ0v) is 11.8. The predicted molar refractivity (Wildman–Crippen MR) is 79.1 cm³/mol. The van der Waals surface area contributed by atoms with Crippen LogP contribution >= 0.6 is 0 Å². The van der Waals surface area contributed by atoms with Crippen LogP contribution < -0.4 is 4.74 Å². The molecule has 0 unspecified atom stereocenters. The van der Waals surface area contributed by atoms with Crippen molar-refractivity contribution in [2.75, 3.05) is 13.7 Å². The topological polar surface area (TPSA) is 60.2 Å². The van der Waals surface area contributed by atoms with Gasteiger partial charge in [-0.1, -0.05) is 24.3 Å². The number of hydrogen-bond donors (Lipinski definition) is 1. The summed E-state index contributed by atoms with van der Waals surface area (Å²) in [5, 5.41) is 11.9. The van der Waals surface area contributed by atoms with Crippen LogP contribution in [-0.2, 0) is 4.74 Å². The molecule has 2 heterocycles. The summed E-state index contributed by atoms with van der Waals surface area (Å²) in [5.41, 5.74) is 0.836. The fourth-order valence-electron chi connectivity index (χ4n) is 2.53. The SMILES string of the molecule is CCOC(=O)c1c(O)cc2c3ccccc3c(OC)cn12. The Balaban J connectivity index is 2.40. The number of carbonyl (C=O) groups is 1. The number of aromatic nitrogens is 1. The number of esters is 1. The molecular formula is C16H15NO4. The first-order valence-electron chi connectivity index (χ1n) is 6.64. The summed E-state index contributed by atoms with van der Waals surface area (Å²) in [6, 6.07) is 9.23. The van der Waals surface area contributed by atoms with Gasteiger partial charge in [0.1, 0.15) is 11.5 Å². The molecule has 3 rings (SSSR count). The van der Waals surface area contributed by atoms with Crippen molar-refractivity contribution in [3.8, 4) is 11.5 Å². The second kappa shape index (κ2) is 5.01. The highest BCUT2D eigenvalue weighted by atomic mass is 16.5. The van der Waals surface area contributed by atoms with E-state index >= 15 is 0 Å². The van der Waals surface area contributed by atoms with Crippen LogP contribution in [0.2, 0.25) is 0 Å². The van der Waals surface area contributed by atoms with Gasteiger partial charge in [-0.15, -0.1) is 0 Å². The summed E-state index contributed by atoms with van der Waals surface area (Å²) in [5.74, 6) is -0.0431. The standard InChI is InChI=1S/C16H15NO4/c1-3-21-16(19)15-13(18)8-12-10-6-4-5-7-11(10)14(20-2)9-17(12)15/h4-9,18H,3H2,1-2H3. The minimum Gasteiger partial charge on any atom is -0.505 e. The molecule has 0 saturated carbocycles. The van der Waals surface area contributed by atoms with Crippen LogP contribution in [0.15, 0.2) is 36.5 Å². The van der Waals surface area contributed by atoms with Crippen LogP contribution in [0.3, 0.4) is 0 Å². The van der Waals surface area contributed by atoms with Gasteiger partial charge in [0.2, 0.25) is 0 Å². The molecule has 0 aliphatic heterocycles. The van der Waals surface area contributed by atoms with E-state index in [1.165, 1.54) is 0 Å². The Kier molecular flexibility index (Phi) is 3.17. The van der Waals surface area contributed by atoms with E-state index in [9.17, 15) is 9.90 Å². The lowest BCUT2D eigenvalue weighted by Crippen LogP contribution is -2.08. The number of benzene rings is 1. The van der Waals surface area contributed by atoms with Gasteiger partial charge in [0.25, 0.3) is 0 Å². The van der Waals surface area contributed by atoms with Crippen LogP contribution in [0.1, 0.15) is 17.4 Å². The highest BCUT2D eigenvalue weighted by Gasteiger charge is 2.21. The molecule has 1 aromatic carbocycles. The van der Waals surface area contributed by atoms with Crippen molar-refractivity contribution < 1.29 is 19.4 Å². The summed E-state index contributed by atoms with van der Waals surface area (Å²) in [6.45, 7) is 1.97. The summed E-state index contributed by atoms with van der Waals surface area (Å²) in [4.78, 5) is 12.0. The van der Waals surface area contributed by atoms with Gasteiger partial charge in [-0.05, 0) is 6.92 Å². The first-order chi connectivity index (χ1) is 10.2. The number of carbonyl (C=O) groups excluding carboxylic acids is 1. The maximum absolute atomic E-state index is 12.0. The van der Waals surface area contributed by atoms with Crippen LogP contribution in [-0.4, -0.2) is 29.2 Å². The molecule has 0 atom stereocenters. The molecule has 0 aliphatic carbocycles. The number of fused-ring (bicyclic) bond motifs is 3. The zero-order chi connectivity index (χ0) is 15.0. The minimum atomic E-state index is -0.563. The molecule has 2 aromatic heterocycles. The molecule has 0 saturated heterocycles. The lowest BCUT2D eigenvalue weighted by molar-refractivity contribution is 0.0515. The van der Waals surface area contributed by atoms with Gasteiger partial charge < -0.3 is 19.0 Å². The van der Waals surface area contributed by atoms with E-state index in [2.05, 4.69) is 0 Å². The normalized spacial score (nSPS) is 11.0. The number of hydrogen-bond acceptors (Lipinski definition) is 4. The molecular weight excluding hydrogens is 270 g/mol. The highest BCUT2D eigenvalue weighted by molar-refractivity contribution is 6.03. The van der Waals surface area contributed by atoms with Crippen LogP contribution in [0, 0.1) is 0 Å². The maximum atomic E-state index is 12.0. The first kappa shape index (κ1) is 13.3. The van der Waals surface area contributed by atoms with E-state index in [0.29, 0.717) is 5.75 Å². The molecule has 0 radical (unpaired) electrons. The Labute approximate surface area is 121 Å². The van der Waals surface area contributed by atoms with Gasteiger partial charge in [-0.25, -0.2) is 4.79 Å². The average Bonchev–Trinajstić information content (AvgIpc) is 2.83. The molecule has 0 spiro atoms. The molecule has 21 heavy (non-hydrogen) atoms. The van der Waals surface area contributed by atoms with Crippen LogP contribution in [0.25, 0.3) is 16.3 Å². The van der Waals surface area contributed by atoms with Crippen molar-refractivity contribution in [2.24, 2.45) is 0 Å². The third kappa shape index (κ3) is 1.98. The van der Waals surface area contributed by atoms with Gasteiger partial charge in [0, 0.05) is 16.8 Å². The molecule has 3 aromatic rings. The summed E-state index contributed by atoms with van der Waals surface area (Å²) < 4.78 is 12.0. The van der Waals surface area contributed by atoms with Crippen molar-refractivity contribution >= 4 is 22.3 Å². The van der Waals surface area contributed by atoms with Crippen molar-refractivity contribution in [3.63, 3.8) is 0 Å². The average molecular weight is 285 g/mol. The zero-order valence-electron chi connectivity index (χ0n) is 11.8.